The number of benzene rings is 1. The number of phenols is 1. The quantitative estimate of drug-likeness (QED) is 0.876. The molecule has 0 radical (unpaired) electrons. The van der Waals surface area contributed by atoms with Gasteiger partial charge in [-0.3, -0.25) is 4.79 Å². The average Bonchev–Trinajstić information content (AvgIpc) is 2.84. The summed E-state index contributed by atoms with van der Waals surface area (Å²) >= 11 is 0. The van der Waals surface area contributed by atoms with Gasteiger partial charge < -0.3 is 19.9 Å². The van der Waals surface area contributed by atoms with E-state index in [4.69, 9.17) is 9.47 Å². The van der Waals surface area contributed by atoms with Crippen LogP contribution in [0.3, 0.4) is 0 Å². The molecule has 0 spiro atoms. The maximum atomic E-state index is 12.3. The number of carbonyl (C=O) groups excluding carboxylic acids is 1. The van der Waals surface area contributed by atoms with Crippen molar-refractivity contribution < 1.29 is 19.4 Å². The first-order valence-electron chi connectivity index (χ1n) is 7.29. The van der Waals surface area contributed by atoms with Crippen LogP contribution in [0.5, 0.6) is 17.2 Å². The maximum absolute atomic E-state index is 12.3. The number of rotatable bonds is 5. The van der Waals surface area contributed by atoms with Crippen molar-refractivity contribution in [2.45, 2.75) is 13.3 Å². The Kier molecular flexibility index (Phi) is 5.11. The lowest BCUT2D eigenvalue weighted by molar-refractivity contribution is -0.121. The standard InChI is InChI=1S/C18H21NO4/c1-5-7-12-13(18(21)19-14(12)6-2)8-11-9-15(20)17(23-4)10-16(11)22-3/h5-7,9-10,13,20H,1,8H2,2-4H3,(H,19,21)/b12-7-,14-6+. The summed E-state index contributed by atoms with van der Waals surface area (Å²) in [5, 5.41) is 12.9. The lowest BCUT2D eigenvalue weighted by Gasteiger charge is -2.15. The molecule has 1 aromatic carbocycles. The van der Waals surface area contributed by atoms with E-state index in [1.54, 1.807) is 25.3 Å². The van der Waals surface area contributed by atoms with Crippen LogP contribution in [0.2, 0.25) is 0 Å². The Balaban J connectivity index is 2.41. The molecule has 1 aliphatic rings. The predicted octanol–water partition coefficient (Wildman–Crippen LogP) is 2.71. The first-order valence-corrected chi connectivity index (χ1v) is 7.29. The highest BCUT2D eigenvalue weighted by Gasteiger charge is 2.33. The molecule has 2 rings (SSSR count). The van der Waals surface area contributed by atoms with Crippen molar-refractivity contribution in [1.29, 1.82) is 0 Å². The van der Waals surface area contributed by atoms with E-state index in [1.165, 1.54) is 7.11 Å². The number of hydrogen-bond donors (Lipinski definition) is 2. The van der Waals surface area contributed by atoms with Gasteiger partial charge >= 0.3 is 0 Å². The molecule has 1 aliphatic heterocycles. The monoisotopic (exact) mass is 315 g/mol. The molecule has 5 nitrogen and oxygen atoms in total. The lowest BCUT2D eigenvalue weighted by atomic mass is 9.91. The van der Waals surface area contributed by atoms with Crippen LogP contribution in [-0.2, 0) is 11.2 Å². The average molecular weight is 315 g/mol. The second kappa shape index (κ2) is 7.05. The van der Waals surface area contributed by atoms with E-state index in [9.17, 15) is 9.90 Å². The Labute approximate surface area is 135 Å². The van der Waals surface area contributed by atoms with E-state index in [1.807, 2.05) is 19.1 Å². The van der Waals surface area contributed by atoms with Gasteiger partial charge in [0.2, 0.25) is 5.91 Å². The third-order valence-corrected chi connectivity index (χ3v) is 3.85. The number of allylic oxidation sites excluding steroid dienone is 4. The molecule has 0 bridgehead atoms. The van der Waals surface area contributed by atoms with Crippen molar-refractivity contribution in [3.05, 3.63) is 53.8 Å². The molecule has 0 saturated carbocycles. The summed E-state index contributed by atoms with van der Waals surface area (Å²) in [6, 6.07) is 3.19. The second-order valence-corrected chi connectivity index (χ2v) is 5.14. The zero-order chi connectivity index (χ0) is 17.0. The molecule has 0 aromatic heterocycles. The number of aromatic hydroxyl groups is 1. The molecule has 1 fully saturated rings. The highest BCUT2D eigenvalue weighted by molar-refractivity contribution is 5.90. The van der Waals surface area contributed by atoms with Crippen molar-refractivity contribution in [3.63, 3.8) is 0 Å². The number of nitrogens with one attached hydrogen (secondary N) is 1. The van der Waals surface area contributed by atoms with Gasteiger partial charge in [-0.15, -0.1) is 0 Å². The zero-order valence-electron chi connectivity index (χ0n) is 13.6. The van der Waals surface area contributed by atoms with Crippen LogP contribution in [0.15, 0.2) is 48.2 Å². The molecule has 2 N–H and O–H groups in total. The topological polar surface area (TPSA) is 67.8 Å². The number of amides is 1. The summed E-state index contributed by atoms with van der Waals surface area (Å²) in [7, 11) is 3.02. The molecule has 122 valence electrons. The lowest BCUT2D eigenvalue weighted by Crippen LogP contribution is -2.20. The van der Waals surface area contributed by atoms with E-state index in [-0.39, 0.29) is 17.6 Å². The van der Waals surface area contributed by atoms with Crippen LogP contribution in [0.25, 0.3) is 0 Å². The smallest absolute Gasteiger partial charge is 0.232 e. The number of ether oxygens (including phenoxy) is 2. The predicted molar refractivity (Wildman–Crippen MR) is 88.6 cm³/mol. The fraction of sp³-hybridized carbons (Fsp3) is 0.278. The van der Waals surface area contributed by atoms with Crippen molar-refractivity contribution in [3.8, 4) is 17.2 Å². The van der Waals surface area contributed by atoms with Gasteiger partial charge in [-0.05, 0) is 30.5 Å². The fourth-order valence-electron chi connectivity index (χ4n) is 2.72. The van der Waals surface area contributed by atoms with Crippen LogP contribution in [0.4, 0.5) is 0 Å². The molecule has 1 saturated heterocycles. The summed E-state index contributed by atoms with van der Waals surface area (Å²) in [6.45, 7) is 5.58. The molecule has 0 aliphatic carbocycles. The van der Waals surface area contributed by atoms with Crippen molar-refractivity contribution in [2.24, 2.45) is 5.92 Å². The zero-order valence-corrected chi connectivity index (χ0v) is 13.6. The van der Waals surface area contributed by atoms with E-state index in [0.29, 0.717) is 17.9 Å². The number of carbonyl (C=O) groups is 1. The van der Waals surface area contributed by atoms with Crippen LogP contribution >= 0.6 is 0 Å². The normalized spacial score (nSPS) is 20.7. The Bertz CT molecular complexity index is 689. The van der Waals surface area contributed by atoms with E-state index >= 15 is 0 Å². The van der Waals surface area contributed by atoms with Gasteiger partial charge in [0.15, 0.2) is 11.5 Å². The minimum Gasteiger partial charge on any atom is -0.504 e. The Hall–Kier alpha value is -2.69. The Morgan fingerprint density at radius 2 is 2.00 bits per heavy atom. The molecular weight excluding hydrogens is 294 g/mol. The van der Waals surface area contributed by atoms with Crippen molar-refractivity contribution >= 4 is 5.91 Å². The molecule has 1 amide bonds. The Morgan fingerprint density at radius 3 is 2.57 bits per heavy atom. The minimum absolute atomic E-state index is 0.0159. The Morgan fingerprint density at radius 1 is 1.30 bits per heavy atom. The summed E-state index contributed by atoms with van der Waals surface area (Å²) in [6.07, 6.45) is 5.75. The summed E-state index contributed by atoms with van der Waals surface area (Å²) in [4.78, 5) is 12.3. The van der Waals surface area contributed by atoms with Gasteiger partial charge in [0.1, 0.15) is 5.75 Å². The van der Waals surface area contributed by atoms with Crippen LogP contribution in [0.1, 0.15) is 12.5 Å². The number of phenolic OH excluding ortho intramolecular Hbond substituents is 1. The third-order valence-electron chi connectivity index (χ3n) is 3.85. The molecular formula is C18H21NO4. The highest BCUT2D eigenvalue weighted by Crippen LogP contribution is 2.37. The van der Waals surface area contributed by atoms with Crippen LogP contribution < -0.4 is 14.8 Å². The summed E-state index contributed by atoms with van der Waals surface area (Å²) < 4.78 is 10.4. The maximum Gasteiger partial charge on any atom is 0.232 e. The van der Waals surface area contributed by atoms with Gasteiger partial charge in [-0.2, -0.15) is 0 Å². The molecule has 5 heteroatoms. The van der Waals surface area contributed by atoms with Crippen molar-refractivity contribution in [2.75, 3.05) is 14.2 Å². The second-order valence-electron chi connectivity index (χ2n) is 5.14. The van der Waals surface area contributed by atoms with Gasteiger partial charge in [0.25, 0.3) is 0 Å². The fourth-order valence-corrected chi connectivity index (χ4v) is 2.72. The molecule has 1 aromatic rings. The number of hydrogen-bond acceptors (Lipinski definition) is 4. The summed E-state index contributed by atoms with van der Waals surface area (Å²) in [5.74, 6) is 0.475. The first-order chi connectivity index (χ1) is 11.0. The summed E-state index contributed by atoms with van der Waals surface area (Å²) in [5.41, 5.74) is 2.40. The van der Waals surface area contributed by atoms with Gasteiger partial charge in [-0.25, -0.2) is 0 Å². The van der Waals surface area contributed by atoms with Crippen LogP contribution in [0, 0.1) is 5.92 Å². The van der Waals surface area contributed by atoms with Gasteiger partial charge in [0, 0.05) is 11.8 Å². The minimum atomic E-state index is -0.360. The number of methoxy groups -OCH3 is 2. The third kappa shape index (κ3) is 3.23. The van der Waals surface area contributed by atoms with Gasteiger partial charge in [-0.1, -0.05) is 24.8 Å². The van der Waals surface area contributed by atoms with E-state index < -0.39 is 0 Å². The first kappa shape index (κ1) is 16.7. The van der Waals surface area contributed by atoms with E-state index in [2.05, 4.69) is 11.9 Å². The highest BCUT2D eigenvalue weighted by atomic mass is 16.5. The molecule has 1 heterocycles. The SMILES string of the molecule is C=C/C=C1\C(=C/C)NC(=O)C1Cc1cc(O)c(OC)cc1OC. The van der Waals surface area contributed by atoms with Crippen LogP contribution in [-0.4, -0.2) is 25.2 Å². The van der Waals surface area contributed by atoms with Crippen molar-refractivity contribution in [1.82, 2.24) is 5.32 Å². The molecule has 1 unspecified atom stereocenters. The molecule has 23 heavy (non-hydrogen) atoms. The van der Waals surface area contributed by atoms with E-state index in [0.717, 1.165) is 16.8 Å². The largest absolute Gasteiger partial charge is 0.504 e. The van der Waals surface area contributed by atoms with Gasteiger partial charge in [0.05, 0.1) is 20.1 Å². The molecule has 1 atom stereocenters.